The van der Waals surface area contributed by atoms with Crippen molar-refractivity contribution in [3.63, 3.8) is 0 Å². The number of hydrogen-bond acceptors (Lipinski definition) is 8. The normalized spacial score (nSPS) is 12.1. The number of carbonyl (C=O) groups excluding carboxylic acids is 5. The summed E-state index contributed by atoms with van der Waals surface area (Å²) in [7, 11) is 3.25. The van der Waals surface area contributed by atoms with E-state index < -0.39 is 54.6 Å². The summed E-state index contributed by atoms with van der Waals surface area (Å²) < 4.78 is 13.7. The van der Waals surface area contributed by atoms with Crippen molar-refractivity contribution in [1.82, 2.24) is 10.6 Å². The molecule has 2 atom stereocenters. The van der Waals surface area contributed by atoms with E-state index in [4.69, 9.17) is 0 Å². The van der Waals surface area contributed by atoms with Crippen molar-refractivity contribution in [1.29, 1.82) is 0 Å². The predicted molar refractivity (Wildman–Crippen MR) is 94.9 cm³/mol. The van der Waals surface area contributed by atoms with Gasteiger partial charge in [0.1, 0.15) is 6.04 Å². The van der Waals surface area contributed by atoms with Crippen LogP contribution in [0.3, 0.4) is 0 Å². The zero-order chi connectivity index (χ0) is 21.1. The van der Waals surface area contributed by atoms with E-state index in [9.17, 15) is 24.0 Å². The highest BCUT2D eigenvalue weighted by Gasteiger charge is 2.38. The van der Waals surface area contributed by atoms with Crippen LogP contribution >= 0.6 is 0 Å². The molecule has 0 aromatic heterocycles. The first-order chi connectivity index (χ1) is 13.3. The monoisotopic (exact) mass is 394 g/mol. The van der Waals surface area contributed by atoms with E-state index in [2.05, 4.69) is 24.8 Å². The molecule has 0 fully saturated rings. The Bertz CT molecular complexity index is 720. The van der Waals surface area contributed by atoms with E-state index in [0.717, 1.165) is 21.3 Å². The minimum absolute atomic E-state index is 0.345. The lowest BCUT2D eigenvalue weighted by Gasteiger charge is -2.23. The molecule has 1 aromatic rings. The van der Waals surface area contributed by atoms with Gasteiger partial charge in [0, 0.05) is 5.56 Å². The minimum atomic E-state index is -1.50. The first-order valence-electron chi connectivity index (χ1n) is 8.19. The zero-order valence-electron chi connectivity index (χ0n) is 15.7. The third-order valence-corrected chi connectivity index (χ3v) is 3.74. The fraction of sp³-hybridized carbons (Fsp3) is 0.389. The summed E-state index contributed by atoms with van der Waals surface area (Å²) in [5.41, 5.74) is 0.345. The molecule has 152 valence electrons. The second-order valence-corrected chi connectivity index (χ2v) is 5.53. The fourth-order valence-corrected chi connectivity index (χ4v) is 2.28. The van der Waals surface area contributed by atoms with Crippen molar-refractivity contribution in [2.75, 3.05) is 27.9 Å². The summed E-state index contributed by atoms with van der Waals surface area (Å²) in [4.78, 5) is 59.8. The van der Waals surface area contributed by atoms with E-state index in [1.807, 2.05) is 0 Å². The summed E-state index contributed by atoms with van der Waals surface area (Å²) >= 11 is 0. The topological polar surface area (TPSA) is 137 Å². The molecule has 0 aliphatic carbocycles. The fourth-order valence-electron chi connectivity index (χ4n) is 2.28. The van der Waals surface area contributed by atoms with Gasteiger partial charge in [-0.15, -0.1) is 0 Å². The third-order valence-electron chi connectivity index (χ3n) is 3.74. The van der Waals surface area contributed by atoms with Crippen LogP contribution in [0.1, 0.15) is 16.8 Å². The Hall–Kier alpha value is -3.43. The smallest absolute Gasteiger partial charge is 0.329 e. The molecule has 0 unspecified atom stereocenters. The summed E-state index contributed by atoms with van der Waals surface area (Å²) in [6, 6.07) is 6.69. The van der Waals surface area contributed by atoms with Gasteiger partial charge < -0.3 is 24.8 Å². The number of carbonyl (C=O) groups is 5. The number of amides is 2. The van der Waals surface area contributed by atoms with Crippen molar-refractivity contribution >= 4 is 29.7 Å². The molecule has 0 radical (unpaired) electrons. The van der Waals surface area contributed by atoms with Crippen LogP contribution in [0.5, 0.6) is 0 Å². The molecular weight excluding hydrogens is 372 g/mol. The van der Waals surface area contributed by atoms with E-state index in [0.29, 0.717) is 5.56 Å². The Morgan fingerprint density at radius 1 is 0.893 bits per heavy atom. The Morgan fingerprint density at radius 2 is 1.50 bits per heavy atom. The number of rotatable bonds is 9. The summed E-state index contributed by atoms with van der Waals surface area (Å²) in [5.74, 6) is -5.27. The number of esters is 3. The van der Waals surface area contributed by atoms with Crippen LogP contribution in [0.2, 0.25) is 0 Å². The van der Waals surface area contributed by atoms with Gasteiger partial charge in [-0.25, -0.2) is 4.79 Å². The molecule has 0 saturated heterocycles. The van der Waals surface area contributed by atoms with Crippen LogP contribution in [0.4, 0.5) is 0 Å². The lowest BCUT2D eigenvalue weighted by molar-refractivity contribution is -0.159. The maximum Gasteiger partial charge on any atom is 0.329 e. The highest BCUT2D eigenvalue weighted by Crippen LogP contribution is 2.14. The second-order valence-electron chi connectivity index (χ2n) is 5.53. The van der Waals surface area contributed by atoms with Gasteiger partial charge in [-0.3, -0.25) is 19.2 Å². The summed E-state index contributed by atoms with van der Waals surface area (Å²) in [6.07, 6.45) is -0.514. The number of ether oxygens (including phenoxy) is 3. The largest absolute Gasteiger partial charge is 0.469 e. The molecule has 10 heteroatoms. The van der Waals surface area contributed by atoms with Crippen molar-refractivity contribution in [3.8, 4) is 0 Å². The Balaban J connectivity index is 2.84. The molecule has 0 saturated carbocycles. The lowest BCUT2D eigenvalue weighted by Crippen LogP contribution is -2.52. The lowest BCUT2D eigenvalue weighted by atomic mass is 9.96. The van der Waals surface area contributed by atoms with E-state index in [1.54, 1.807) is 30.3 Å². The molecule has 28 heavy (non-hydrogen) atoms. The molecule has 10 nitrogen and oxygen atoms in total. The SMILES string of the molecule is COC(=O)C[C@H](C(=O)OC)[C@H](NC(=O)CNC(=O)c1ccccc1)C(=O)OC. The molecule has 2 amide bonds. The van der Waals surface area contributed by atoms with E-state index >= 15 is 0 Å². The number of nitrogens with one attached hydrogen (secondary N) is 2. The highest BCUT2D eigenvalue weighted by atomic mass is 16.5. The first-order valence-corrected chi connectivity index (χ1v) is 8.19. The van der Waals surface area contributed by atoms with Crippen LogP contribution < -0.4 is 10.6 Å². The zero-order valence-corrected chi connectivity index (χ0v) is 15.7. The van der Waals surface area contributed by atoms with Crippen molar-refractivity contribution in [2.24, 2.45) is 5.92 Å². The quantitative estimate of drug-likeness (QED) is 0.419. The van der Waals surface area contributed by atoms with Crippen molar-refractivity contribution in [3.05, 3.63) is 35.9 Å². The summed E-state index contributed by atoms with van der Waals surface area (Å²) in [6.45, 7) is -0.465. The molecule has 0 bridgehead atoms. The van der Waals surface area contributed by atoms with Gasteiger partial charge in [-0.1, -0.05) is 18.2 Å². The minimum Gasteiger partial charge on any atom is -0.469 e. The first kappa shape index (κ1) is 22.6. The average molecular weight is 394 g/mol. The Morgan fingerprint density at radius 3 is 2.04 bits per heavy atom. The van der Waals surface area contributed by atoms with Gasteiger partial charge in [-0.2, -0.15) is 0 Å². The highest BCUT2D eigenvalue weighted by molar-refractivity contribution is 5.97. The van der Waals surface area contributed by atoms with Crippen LogP contribution in [0.15, 0.2) is 30.3 Å². The maximum absolute atomic E-state index is 12.2. The van der Waals surface area contributed by atoms with Gasteiger partial charge in [0.25, 0.3) is 5.91 Å². The number of methoxy groups -OCH3 is 3. The molecule has 0 aliphatic heterocycles. The van der Waals surface area contributed by atoms with Crippen LogP contribution in [-0.2, 0) is 33.4 Å². The Kier molecular flexibility index (Phi) is 9.14. The molecule has 2 N–H and O–H groups in total. The van der Waals surface area contributed by atoms with Gasteiger partial charge in [0.2, 0.25) is 5.91 Å². The van der Waals surface area contributed by atoms with Gasteiger partial charge in [0.15, 0.2) is 0 Å². The standard InChI is InChI=1S/C18H22N2O8/c1-26-14(22)9-12(17(24)27-2)15(18(25)28-3)20-13(21)10-19-16(23)11-7-5-4-6-8-11/h4-8,12,15H,9-10H2,1-3H3,(H,19,23)(H,20,21)/t12-,15-/m0/s1. The summed E-state index contributed by atoms with van der Waals surface area (Å²) in [5, 5.41) is 4.67. The average Bonchev–Trinajstić information content (AvgIpc) is 2.73. The third kappa shape index (κ3) is 6.71. The molecule has 0 heterocycles. The molecule has 0 aliphatic rings. The van der Waals surface area contributed by atoms with Crippen LogP contribution in [-0.4, -0.2) is 63.6 Å². The Labute approximate surface area is 161 Å². The van der Waals surface area contributed by atoms with Crippen LogP contribution in [0.25, 0.3) is 0 Å². The maximum atomic E-state index is 12.2. The van der Waals surface area contributed by atoms with Crippen molar-refractivity contribution < 1.29 is 38.2 Å². The molecular formula is C18H22N2O8. The molecule has 0 spiro atoms. The van der Waals surface area contributed by atoms with Gasteiger partial charge in [0.05, 0.1) is 40.2 Å². The van der Waals surface area contributed by atoms with Crippen LogP contribution in [0, 0.1) is 5.92 Å². The second kappa shape index (κ2) is 11.3. The van der Waals surface area contributed by atoms with E-state index in [-0.39, 0.29) is 0 Å². The van der Waals surface area contributed by atoms with Gasteiger partial charge >= 0.3 is 17.9 Å². The number of benzene rings is 1. The van der Waals surface area contributed by atoms with Gasteiger partial charge in [-0.05, 0) is 12.1 Å². The molecule has 1 rings (SSSR count). The molecule has 1 aromatic carbocycles. The predicted octanol–water partition coefficient (Wildman–Crippen LogP) is -0.573. The number of hydrogen-bond donors (Lipinski definition) is 2. The van der Waals surface area contributed by atoms with Crippen molar-refractivity contribution in [2.45, 2.75) is 12.5 Å². The van der Waals surface area contributed by atoms with E-state index in [1.165, 1.54) is 0 Å².